The Morgan fingerprint density at radius 3 is 1.24 bits per heavy atom. The highest BCUT2D eigenvalue weighted by molar-refractivity contribution is 7.89. The number of nitrogens with one attached hydrogen (secondary N) is 2. The average molecular weight is 682 g/mol. The van der Waals surface area contributed by atoms with Crippen LogP contribution in [-0.4, -0.2) is 29.3 Å². The van der Waals surface area contributed by atoms with Gasteiger partial charge in [0.15, 0.2) is 0 Å². The van der Waals surface area contributed by atoms with Crippen LogP contribution in [0.15, 0.2) is 128 Å². The van der Waals surface area contributed by atoms with Gasteiger partial charge < -0.3 is 0 Å². The number of aryl methyl sites for hydroxylation is 2. The minimum Gasteiger partial charge on any atom is -0.200 e. The Bertz CT molecular complexity index is 1810. The van der Waals surface area contributed by atoms with Gasteiger partial charge in [-0.3, -0.25) is 0 Å². The van der Waals surface area contributed by atoms with Crippen molar-refractivity contribution in [2.24, 2.45) is 10.2 Å². The van der Waals surface area contributed by atoms with Crippen molar-refractivity contribution in [3.8, 4) is 0 Å². The van der Waals surface area contributed by atoms with E-state index in [9.17, 15) is 16.8 Å². The number of hydrogen-bond donors (Lipinski definition) is 2. The van der Waals surface area contributed by atoms with E-state index in [2.05, 4.69) is 19.9 Å². The molecule has 45 heavy (non-hydrogen) atoms. The van der Waals surface area contributed by atoms with Gasteiger partial charge in [0.1, 0.15) is 0 Å². The zero-order valence-electron chi connectivity index (χ0n) is 24.4. The van der Waals surface area contributed by atoms with Crippen LogP contribution < -0.4 is 9.66 Å². The van der Waals surface area contributed by atoms with Crippen molar-refractivity contribution in [2.75, 3.05) is 0 Å². The molecular formula is C33H30Cl2N4O4S2. The molecule has 0 aliphatic heterocycles. The molecule has 4 aromatic carbocycles. The van der Waals surface area contributed by atoms with Gasteiger partial charge in [-0.05, 0) is 96.8 Å². The molecule has 8 nitrogen and oxygen atoms in total. The zero-order chi connectivity index (χ0) is 32.5. The summed E-state index contributed by atoms with van der Waals surface area (Å²) in [5.41, 5.74) is 4.58. The molecule has 2 N–H and O–H groups in total. The second kappa shape index (κ2) is 15.2. The summed E-state index contributed by atoms with van der Waals surface area (Å²) < 4.78 is 51.3. The lowest BCUT2D eigenvalue weighted by Crippen LogP contribution is -2.18. The van der Waals surface area contributed by atoms with Crippen molar-refractivity contribution < 1.29 is 16.8 Å². The van der Waals surface area contributed by atoms with Gasteiger partial charge in [0.05, 0.1) is 22.2 Å². The molecule has 0 unspecified atom stereocenters. The van der Waals surface area contributed by atoms with Crippen LogP contribution in [0.3, 0.4) is 0 Å². The van der Waals surface area contributed by atoms with Gasteiger partial charge in [-0.1, -0.05) is 82.9 Å². The number of halogens is 2. The van der Waals surface area contributed by atoms with E-state index >= 15 is 0 Å². The summed E-state index contributed by atoms with van der Waals surface area (Å²) in [5.74, 6) is 0. The first-order valence-electron chi connectivity index (χ1n) is 13.5. The first kappa shape index (κ1) is 33.7. The summed E-state index contributed by atoms with van der Waals surface area (Å²) in [5, 5.41) is 9.19. The van der Waals surface area contributed by atoms with E-state index < -0.39 is 20.0 Å². The molecule has 0 saturated carbocycles. The standard InChI is InChI=1S/C33H30Cl2N4O4S2/c1-24-3-15-32(16-4-24)44(40,41)38-36-22-28(19-26-7-11-30(34)12-8-26)21-29(20-27-9-13-31(35)14-10-27)23-37-39-45(42,43)33-17-5-25(2)6-18-33/h3-20,22-23,38-39H,21H2,1-2H3. The number of hydrazone groups is 2. The van der Waals surface area contributed by atoms with Crippen LogP contribution in [0.1, 0.15) is 28.7 Å². The number of benzene rings is 4. The van der Waals surface area contributed by atoms with E-state index in [1.165, 1.54) is 36.7 Å². The van der Waals surface area contributed by atoms with Crippen LogP contribution in [0.25, 0.3) is 12.2 Å². The summed E-state index contributed by atoms with van der Waals surface area (Å²) in [6.45, 7) is 3.73. The largest absolute Gasteiger partial charge is 0.276 e. The topological polar surface area (TPSA) is 117 Å². The average Bonchev–Trinajstić information content (AvgIpc) is 2.99. The molecule has 4 rings (SSSR count). The first-order valence-corrected chi connectivity index (χ1v) is 17.3. The van der Waals surface area contributed by atoms with E-state index in [0.717, 1.165) is 22.3 Å². The van der Waals surface area contributed by atoms with Crippen LogP contribution in [0.2, 0.25) is 10.0 Å². The maximum absolute atomic E-state index is 12.8. The fourth-order valence-corrected chi connectivity index (χ4v) is 5.78. The molecule has 12 heteroatoms. The Balaban J connectivity index is 1.66. The fraction of sp³-hybridized carbons (Fsp3) is 0.0909. The van der Waals surface area contributed by atoms with E-state index in [1.54, 1.807) is 84.9 Å². The Morgan fingerprint density at radius 1 is 0.578 bits per heavy atom. The van der Waals surface area contributed by atoms with Gasteiger partial charge in [-0.15, -0.1) is 0 Å². The van der Waals surface area contributed by atoms with Crippen molar-refractivity contribution in [2.45, 2.75) is 30.1 Å². The van der Waals surface area contributed by atoms with Crippen LogP contribution in [0.5, 0.6) is 0 Å². The van der Waals surface area contributed by atoms with Crippen molar-refractivity contribution in [3.63, 3.8) is 0 Å². The molecule has 0 radical (unpaired) electrons. The second-order valence-electron chi connectivity index (χ2n) is 10.1. The zero-order valence-corrected chi connectivity index (χ0v) is 27.5. The van der Waals surface area contributed by atoms with E-state index in [-0.39, 0.29) is 16.2 Å². The number of rotatable bonds is 12. The van der Waals surface area contributed by atoms with Crippen LogP contribution in [-0.2, 0) is 20.0 Å². The highest BCUT2D eigenvalue weighted by Gasteiger charge is 2.13. The molecule has 4 aromatic rings. The third-order valence-electron chi connectivity index (χ3n) is 6.32. The number of hydrogen-bond acceptors (Lipinski definition) is 6. The highest BCUT2D eigenvalue weighted by Crippen LogP contribution is 2.20. The normalized spacial score (nSPS) is 13.0. The molecule has 232 valence electrons. The molecule has 0 amide bonds. The molecule has 0 aromatic heterocycles. The van der Waals surface area contributed by atoms with Crippen molar-refractivity contribution in [3.05, 3.63) is 141 Å². The Hall–Kier alpha value is -4.22. The molecule has 0 spiro atoms. The Morgan fingerprint density at radius 2 is 0.911 bits per heavy atom. The number of nitrogens with zero attached hydrogens (tertiary/aromatic N) is 2. The maximum Gasteiger partial charge on any atom is 0.276 e. The lowest BCUT2D eigenvalue weighted by molar-refractivity contribution is 0.583. The van der Waals surface area contributed by atoms with Gasteiger partial charge in [-0.2, -0.15) is 27.0 Å². The Labute approximate surface area is 273 Å². The summed E-state index contributed by atoms with van der Waals surface area (Å²) in [4.78, 5) is 4.66. The molecular weight excluding hydrogens is 651 g/mol. The highest BCUT2D eigenvalue weighted by atomic mass is 35.5. The summed E-state index contributed by atoms with van der Waals surface area (Å²) >= 11 is 12.1. The fourth-order valence-electron chi connectivity index (χ4n) is 3.95. The SMILES string of the molecule is Cc1ccc(S(=O)(=O)NN=CC(=Cc2ccc(Cl)cc2)CC(C=NNS(=O)(=O)c2ccc(C)cc2)=Cc2ccc(Cl)cc2)cc1. The van der Waals surface area contributed by atoms with Gasteiger partial charge in [0.25, 0.3) is 20.0 Å². The molecule has 0 heterocycles. The predicted octanol–water partition coefficient (Wildman–Crippen LogP) is 7.40. The van der Waals surface area contributed by atoms with Gasteiger partial charge in [0, 0.05) is 16.5 Å². The van der Waals surface area contributed by atoms with Gasteiger partial charge in [-0.25, -0.2) is 9.66 Å². The molecule has 0 aliphatic carbocycles. The van der Waals surface area contributed by atoms with E-state index in [1.807, 2.05) is 13.8 Å². The van der Waals surface area contributed by atoms with E-state index in [4.69, 9.17) is 23.2 Å². The minimum atomic E-state index is -3.91. The van der Waals surface area contributed by atoms with Crippen LogP contribution >= 0.6 is 23.2 Å². The molecule has 0 bridgehead atoms. The molecule has 0 saturated heterocycles. The van der Waals surface area contributed by atoms with Crippen molar-refractivity contribution >= 4 is 67.8 Å². The van der Waals surface area contributed by atoms with Crippen LogP contribution in [0, 0.1) is 13.8 Å². The monoisotopic (exact) mass is 680 g/mol. The summed E-state index contributed by atoms with van der Waals surface area (Å²) in [6.07, 6.45) is 6.58. The van der Waals surface area contributed by atoms with Gasteiger partial charge >= 0.3 is 0 Å². The third-order valence-corrected chi connectivity index (χ3v) is 9.30. The smallest absolute Gasteiger partial charge is 0.200 e. The van der Waals surface area contributed by atoms with E-state index in [0.29, 0.717) is 21.2 Å². The lowest BCUT2D eigenvalue weighted by atomic mass is 10.0. The number of sulfonamides is 2. The minimum absolute atomic E-state index is 0.0739. The molecule has 0 atom stereocenters. The molecule has 0 aliphatic rings. The summed E-state index contributed by atoms with van der Waals surface area (Å²) in [7, 11) is -7.83. The van der Waals surface area contributed by atoms with Crippen molar-refractivity contribution in [1.29, 1.82) is 0 Å². The quantitative estimate of drug-likeness (QED) is 0.120. The third kappa shape index (κ3) is 10.4. The predicted molar refractivity (Wildman–Crippen MR) is 183 cm³/mol. The van der Waals surface area contributed by atoms with Gasteiger partial charge in [0.2, 0.25) is 0 Å². The molecule has 0 fully saturated rings. The summed E-state index contributed by atoms with van der Waals surface area (Å²) in [6, 6.07) is 26.9. The lowest BCUT2D eigenvalue weighted by Gasteiger charge is -2.08. The maximum atomic E-state index is 12.8. The van der Waals surface area contributed by atoms with Crippen molar-refractivity contribution in [1.82, 2.24) is 9.66 Å². The second-order valence-corrected chi connectivity index (χ2v) is 14.2. The number of allylic oxidation sites excluding steroid dienone is 2. The van der Waals surface area contributed by atoms with Crippen LogP contribution in [0.4, 0.5) is 0 Å². The first-order chi connectivity index (χ1) is 21.4. The Kier molecular flexibility index (Phi) is 11.4.